The number of hydrogen-bond acceptors (Lipinski definition) is 2. The molecule has 108 valence electrons. The summed E-state index contributed by atoms with van der Waals surface area (Å²) < 4.78 is 0. The second kappa shape index (κ2) is 8.92. The van der Waals surface area contributed by atoms with Gasteiger partial charge in [-0.2, -0.15) is 0 Å². The molecule has 0 aromatic heterocycles. The van der Waals surface area contributed by atoms with Crippen LogP contribution in [0.2, 0.25) is 0 Å². The van der Waals surface area contributed by atoms with E-state index in [4.69, 9.17) is 0 Å². The van der Waals surface area contributed by atoms with Crippen molar-refractivity contribution in [2.24, 2.45) is 5.92 Å². The van der Waals surface area contributed by atoms with Crippen molar-refractivity contribution in [1.82, 2.24) is 10.2 Å². The van der Waals surface area contributed by atoms with Crippen LogP contribution < -0.4 is 5.32 Å². The first kappa shape index (κ1) is 16.0. The van der Waals surface area contributed by atoms with E-state index in [1.54, 1.807) is 0 Å². The molecular weight excluding hydrogens is 220 g/mol. The van der Waals surface area contributed by atoms with Gasteiger partial charge in [-0.25, -0.2) is 0 Å². The first-order valence-electron chi connectivity index (χ1n) is 8.08. The highest BCUT2D eigenvalue weighted by Gasteiger charge is 2.25. The van der Waals surface area contributed by atoms with Crippen LogP contribution in [0.3, 0.4) is 0 Å². The van der Waals surface area contributed by atoms with Crippen molar-refractivity contribution in [2.75, 3.05) is 19.6 Å². The van der Waals surface area contributed by atoms with Crippen molar-refractivity contribution in [3.63, 3.8) is 0 Å². The fourth-order valence-corrected chi connectivity index (χ4v) is 3.07. The van der Waals surface area contributed by atoms with Gasteiger partial charge in [0.1, 0.15) is 0 Å². The van der Waals surface area contributed by atoms with Crippen molar-refractivity contribution in [1.29, 1.82) is 0 Å². The van der Waals surface area contributed by atoms with Crippen LogP contribution >= 0.6 is 0 Å². The SMILES string of the molecule is CC(C)NCCCCCCN1CCCC1C(C)C. The number of rotatable bonds is 9. The Hall–Kier alpha value is -0.0800. The molecule has 0 aliphatic carbocycles. The average Bonchev–Trinajstić information content (AvgIpc) is 2.75. The van der Waals surface area contributed by atoms with Crippen molar-refractivity contribution in [3.8, 4) is 0 Å². The molecule has 2 heteroatoms. The van der Waals surface area contributed by atoms with Gasteiger partial charge in [0.15, 0.2) is 0 Å². The lowest BCUT2D eigenvalue weighted by Gasteiger charge is -2.27. The monoisotopic (exact) mass is 254 g/mol. The summed E-state index contributed by atoms with van der Waals surface area (Å²) in [5, 5.41) is 3.49. The van der Waals surface area contributed by atoms with E-state index in [-0.39, 0.29) is 0 Å². The van der Waals surface area contributed by atoms with Crippen LogP contribution in [0.4, 0.5) is 0 Å². The maximum Gasteiger partial charge on any atom is 0.0119 e. The average molecular weight is 254 g/mol. The summed E-state index contributed by atoms with van der Waals surface area (Å²) in [7, 11) is 0. The zero-order valence-corrected chi connectivity index (χ0v) is 13.0. The Morgan fingerprint density at radius 2 is 1.78 bits per heavy atom. The molecule has 1 unspecified atom stereocenters. The van der Waals surface area contributed by atoms with Gasteiger partial charge in [0.05, 0.1) is 0 Å². The summed E-state index contributed by atoms with van der Waals surface area (Å²) in [5.74, 6) is 0.836. The fraction of sp³-hybridized carbons (Fsp3) is 1.00. The minimum absolute atomic E-state index is 0.640. The van der Waals surface area contributed by atoms with E-state index in [0.29, 0.717) is 6.04 Å². The topological polar surface area (TPSA) is 15.3 Å². The van der Waals surface area contributed by atoms with Gasteiger partial charge in [-0.1, -0.05) is 40.5 Å². The standard InChI is InChI=1S/C16H34N2/c1-14(2)16-10-9-13-18(16)12-8-6-5-7-11-17-15(3)4/h14-17H,5-13H2,1-4H3. The van der Waals surface area contributed by atoms with Crippen molar-refractivity contribution >= 4 is 0 Å². The molecule has 1 saturated heterocycles. The summed E-state index contributed by atoms with van der Waals surface area (Å²) in [4.78, 5) is 2.73. The summed E-state index contributed by atoms with van der Waals surface area (Å²) in [5.41, 5.74) is 0. The van der Waals surface area contributed by atoms with Crippen LogP contribution in [0.25, 0.3) is 0 Å². The van der Waals surface area contributed by atoms with E-state index >= 15 is 0 Å². The molecule has 0 spiro atoms. The van der Waals surface area contributed by atoms with Crippen molar-refractivity contribution in [3.05, 3.63) is 0 Å². The molecule has 1 aliphatic rings. The quantitative estimate of drug-likeness (QED) is 0.632. The number of nitrogens with zero attached hydrogens (tertiary/aromatic N) is 1. The molecule has 0 radical (unpaired) electrons. The van der Waals surface area contributed by atoms with Gasteiger partial charge >= 0.3 is 0 Å². The van der Waals surface area contributed by atoms with E-state index < -0.39 is 0 Å². The van der Waals surface area contributed by atoms with Crippen LogP contribution in [0.15, 0.2) is 0 Å². The van der Waals surface area contributed by atoms with Gasteiger partial charge in [-0.3, -0.25) is 0 Å². The van der Waals surface area contributed by atoms with E-state index in [1.165, 1.54) is 58.2 Å². The molecule has 0 bridgehead atoms. The van der Waals surface area contributed by atoms with Gasteiger partial charge in [-0.15, -0.1) is 0 Å². The lowest BCUT2D eigenvalue weighted by atomic mass is 10.0. The maximum atomic E-state index is 3.49. The van der Waals surface area contributed by atoms with Crippen LogP contribution in [-0.2, 0) is 0 Å². The molecule has 0 saturated carbocycles. The molecule has 1 aliphatic heterocycles. The summed E-state index contributed by atoms with van der Waals surface area (Å²) in [6, 6.07) is 1.51. The van der Waals surface area contributed by atoms with E-state index in [1.807, 2.05) is 0 Å². The second-order valence-electron chi connectivity index (χ2n) is 6.51. The minimum atomic E-state index is 0.640. The molecule has 1 rings (SSSR count). The molecule has 1 atom stereocenters. The molecule has 18 heavy (non-hydrogen) atoms. The van der Waals surface area contributed by atoms with Crippen LogP contribution in [0.5, 0.6) is 0 Å². The molecule has 0 amide bonds. The first-order chi connectivity index (χ1) is 8.61. The van der Waals surface area contributed by atoms with Gasteiger partial charge in [-0.05, 0) is 51.2 Å². The molecule has 1 N–H and O–H groups in total. The Morgan fingerprint density at radius 3 is 2.44 bits per heavy atom. The Kier molecular flexibility index (Phi) is 7.92. The third kappa shape index (κ3) is 6.19. The molecule has 2 nitrogen and oxygen atoms in total. The summed E-state index contributed by atoms with van der Waals surface area (Å²) in [6.45, 7) is 13.1. The summed E-state index contributed by atoms with van der Waals surface area (Å²) >= 11 is 0. The molecular formula is C16H34N2. The fourth-order valence-electron chi connectivity index (χ4n) is 3.07. The van der Waals surface area contributed by atoms with E-state index in [2.05, 4.69) is 37.9 Å². The highest BCUT2D eigenvalue weighted by atomic mass is 15.2. The third-order valence-electron chi connectivity index (χ3n) is 4.11. The van der Waals surface area contributed by atoms with Crippen LogP contribution in [0, 0.1) is 5.92 Å². The normalized spacial score (nSPS) is 21.3. The largest absolute Gasteiger partial charge is 0.315 e. The van der Waals surface area contributed by atoms with Crippen LogP contribution in [0.1, 0.15) is 66.2 Å². The third-order valence-corrected chi connectivity index (χ3v) is 4.11. The van der Waals surface area contributed by atoms with Crippen LogP contribution in [-0.4, -0.2) is 36.6 Å². The lowest BCUT2D eigenvalue weighted by molar-refractivity contribution is 0.202. The molecule has 0 aromatic rings. The number of nitrogens with one attached hydrogen (secondary N) is 1. The Balaban J connectivity index is 1.97. The highest BCUT2D eigenvalue weighted by molar-refractivity contribution is 4.81. The summed E-state index contributed by atoms with van der Waals surface area (Å²) in [6.07, 6.45) is 8.37. The lowest BCUT2D eigenvalue weighted by Crippen LogP contribution is -2.34. The van der Waals surface area contributed by atoms with Crippen molar-refractivity contribution in [2.45, 2.75) is 78.3 Å². The zero-order chi connectivity index (χ0) is 13.4. The first-order valence-corrected chi connectivity index (χ1v) is 8.08. The smallest absolute Gasteiger partial charge is 0.0119 e. The molecule has 1 heterocycles. The molecule has 0 aromatic carbocycles. The van der Waals surface area contributed by atoms with Crippen molar-refractivity contribution < 1.29 is 0 Å². The Labute approximate surface area is 115 Å². The number of likely N-dealkylation sites (tertiary alicyclic amines) is 1. The number of hydrogen-bond donors (Lipinski definition) is 1. The molecule has 1 fully saturated rings. The van der Waals surface area contributed by atoms with Gasteiger partial charge in [0.25, 0.3) is 0 Å². The van der Waals surface area contributed by atoms with E-state index in [9.17, 15) is 0 Å². The number of unbranched alkanes of at least 4 members (excludes halogenated alkanes) is 3. The maximum absolute atomic E-state index is 3.49. The van der Waals surface area contributed by atoms with Gasteiger partial charge in [0.2, 0.25) is 0 Å². The van der Waals surface area contributed by atoms with Gasteiger partial charge in [0, 0.05) is 12.1 Å². The zero-order valence-electron chi connectivity index (χ0n) is 13.0. The predicted octanol–water partition coefficient (Wildman–Crippen LogP) is 3.67. The highest BCUT2D eigenvalue weighted by Crippen LogP contribution is 2.23. The predicted molar refractivity (Wildman–Crippen MR) is 81.0 cm³/mol. The Bertz CT molecular complexity index is 201. The minimum Gasteiger partial charge on any atom is -0.315 e. The van der Waals surface area contributed by atoms with E-state index in [0.717, 1.165) is 12.0 Å². The Morgan fingerprint density at radius 1 is 1.06 bits per heavy atom. The second-order valence-corrected chi connectivity index (χ2v) is 6.51. The van der Waals surface area contributed by atoms with Gasteiger partial charge < -0.3 is 10.2 Å².